The number of hydrogen-bond acceptors (Lipinski definition) is 8. The minimum atomic E-state index is -0.622. The summed E-state index contributed by atoms with van der Waals surface area (Å²) >= 11 is 0. The number of anilines is 1. The molecular formula is C30H35N7O4. The summed E-state index contributed by atoms with van der Waals surface area (Å²) in [6.45, 7) is 6.42. The van der Waals surface area contributed by atoms with Crippen molar-refractivity contribution in [2.24, 2.45) is 0 Å². The number of piperidine rings is 1. The molecule has 2 amide bonds. The Morgan fingerprint density at radius 2 is 1.66 bits per heavy atom. The van der Waals surface area contributed by atoms with Gasteiger partial charge in [0.05, 0.1) is 11.4 Å². The van der Waals surface area contributed by atoms with E-state index in [1.807, 2.05) is 59.3 Å². The van der Waals surface area contributed by atoms with E-state index in [-0.39, 0.29) is 18.5 Å². The molecule has 1 aliphatic rings. The standard InChI is InChI=1S/C30H35N7O4/c1-30(2,3)41-29(39)35(4)18-24(38)36-16-14-21(15-17-36)37-28-25(27(31)32-19-33-28)26(34-37)20-10-12-23(13-11-20)40-22-8-6-5-7-9-22/h5-13,19,21H,14-18H2,1-4H3,(H2,31,32,33). The van der Waals surface area contributed by atoms with Crippen molar-refractivity contribution in [1.82, 2.24) is 29.5 Å². The van der Waals surface area contributed by atoms with Crippen molar-refractivity contribution in [3.8, 4) is 22.8 Å². The van der Waals surface area contributed by atoms with E-state index in [0.717, 1.165) is 11.3 Å². The van der Waals surface area contributed by atoms with Crippen LogP contribution in [0, 0.1) is 0 Å². The molecule has 2 N–H and O–H groups in total. The molecule has 1 saturated heterocycles. The molecule has 11 heteroatoms. The van der Waals surface area contributed by atoms with Crippen molar-refractivity contribution >= 4 is 28.9 Å². The number of amides is 2. The molecule has 0 spiro atoms. The lowest BCUT2D eigenvalue weighted by Gasteiger charge is -2.33. The Kier molecular flexibility index (Phi) is 7.78. The van der Waals surface area contributed by atoms with Crippen LogP contribution >= 0.6 is 0 Å². The second-order valence-electron chi connectivity index (χ2n) is 11.1. The number of nitrogens with two attached hydrogens (primary N) is 1. The third-order valence-electron chi connectivity index (χ3n) is 6.87. The molecule has 0 saturated carbocycles. The highest BCUT2D eigenvalue weighted by molar-refractivity contribution is 5.98. The number of aromatic nitrogens is 4. The highest BCUT2D eigenvalue weighted by Crippen LogP contribution is 2.35. The van der Waals surface area contributed by atoms with Crippen LogP contribution in [0.2, 0.25) is 0 Å². The van der Waals surface area contributed by atoms with E-state index in [4.69, 9.17) is 20.3 Å². The molecule has 5 rings (SSSR count). The number of fused-ring (bicyclic) bond motifs is 1. The van der Waals surface area contributed by atoms with Gasteiger partial charge in [-0.3, -0.25) is 4.79 Å². The van der Waals surface area contributed by atoms with E-state index in [2.05, 4.69) is 9.97 Å². The number of rotatable bonds is 6. The van der Waals surface area contributed by atoms with Crippen LogP contribution in [-0.2, 0) is 9.53 Å². The van der Waals surface area contributed by atoms with Crippen LogP contribution in [0.1, 0.15) is 39.7 Å². The zero-order valence-electron chi connectivity index (χ0n) is 23.8. The van der Waals surface area contributed by atoms with Crippen molar-refractivity contribution in [2.75, 3.05) is 32.4 Å². The predicted octanol–water partition coefficient (Wildman–Crippen LogP) is 4.90. The number of para-hydroxylation sites is 1. The van der Waals surface area contributed by atoms with Gasteiger partial charge in [0.2, 0.25) is 5.91 Å². The van der Waals surface area contributed by atoms with Crippen LogP contribution in [0.15, 0.2) is 60.9 Å². The second-order valence-corrected chi connectivity index (χ2v) is 11.1. The number of ether oxygens (including phenoxy) is 2. The summed E-state index contributed by atoms with van der Waals surface area (Å²) in [4.78, 5) is 37.0. The molecular weight excluding hydrogens is 522 g/mol. The van der Waals surface area contributed by atoms with E-state index >= 15 is 0 Å². The minimum absolute atomic E-state index is 0.0221. The van der Waals surface area contributed by atoms with Gasteiger partial charge in [-0.25, -0.2) is 19.4 Å². The number of carbonyl (C=O) groups is 2. The van der Waals surface area contributed by atoms with E-state index in [0.29, 0.717) is 54.2 Å². The third kappa shape index (κ3) is 6.40. The lowest BCUT2D eigenvalue weighted by Crippen LogP contribution is -2.45. The van der Waals surface area contributed by atoms with Crippen LogP contribution in [0.5, 0.6) is 11.5 Å². The summed E-state index contributed by atoms with van der Waals surface area (Å²) in [5, 5.41) is 5.65. The smallest absolute Gasteiger partial charge is 0.410 e. The molecule has 0 aliphatic carbocycles. The first-order chi connectivity index (χ1) is 19.6. The van der Waals surface area contributed by atoms with Crippen LogP contribution in [0.25, 0.3) is 22.3 Å². The van der Waals surface area contributed by atoms with Crippen molar-refractivity contribution in [2.45, 2.75) is 45.3 Å². The molecule has 214 valence electrons. The summed E-state index contributed by atoms with van der Waals surface area (Å²) in [6, 6.07) is 17.3. The first-order valence-corrected chi connectivity index (χ1v) is 13.6. The average molecular weight is 558 g/mol. The molecule has 0 bridgehead atoms. The summed E-state index contributed by atoms with van der Waals surface area (Å²) in [6.07, 6.45) is 2.30. The number of hydrogen-bond donors (Lipinski definition) is 1. The molecule has 0 unspecified atom stereocenters. The molecule has 4 aromatic rings. The van der Waals surface area contributed by atoms with E-state index in [1.54, 1.807) is 32.7 Å². The lowest BCUT2D eigenvalue weighted by atomic mass is 10.1. The molecule has 2 aromatic heterocycles. The van der Waals surface area contributed by atoms with Crippen LogP contribution in [-0.4, -0.2) is 73.8 Å². The van der Waals surface area contributed by atoms with Gasteiger partial charge in [0.25, 0.3) is 0 Å². The maximum Gasteiger partial charge on any atom is 0.410 e. The molecule has 3 heterocycles. The molecule has 2 aromatic carbocycles. The van der Waals surface area contributed by atoms with Crippen LogP contribution in [0.3, 0.4) is 0 Å². The first kappa shape index (κ1) is 27.9. The van der Waals surface area contributed by atoms with Gasteiger partial charge in [0, 0.05) is 25.7 Å². The van der Waals surface area contributed by atoms with Gasteiger partial charge in [0.15, 0.2) is 5.65 Å². The fraction of sp³-hybridized carbons (Fsp3) is 0.367. The average Bonchev–Trinajstić information content (AvgIpc) is 3.34. The Labute approximate surface area is 238 Å². The number of likely N-dealkylation sites (tertiary alicyclic amines) is 1. The first-order valence-electron chi connectivity index (χ1n) is 13.6. The van der Waals surface area contributed by atoms with E-state index in [9.17, 15) is 9.59 Å². The highest BCUT2D eigenvalue weighted by atomic mass is 16.6. The highest BCUT2D eigenvalue weighted by Gasteiger charge is 2.29. The molecule has 0 atom stereocenters. The van der Waals surface area contributed by atoms with Crippen LogP contribution in [0.4, 0.5) is 10.6 Å². The molecule has 41 heavy (non-hydrogen) atoms. The normalized spacial score (nSPS) is 14.2. The van der Waals surface area contributed by atoms with E-state index < -0.39 is 11.7 Å². The fourth-order valence-corrected chi connectivity index (χ4v) is 4.82. The van der Waals surface area contributed by atoms with Gasteiger partial charge in [-0.15, -0.1) is 0 Å². The van der Waals surface area contributed by atoms with Crippen molar-refractivity contribution < 1.29 is 19.1 Å². The molecule has 1 aliphatic heterocycles. The predicted molar refractivity (Wildman–Crippen MR) is 155 cm³/mol. The number of nitrogens with zero attached hydrogens (tertiary/aromatic N) is 6. The molecule has 1 fully saturated rings. The maximum absolute atomic E-state index is 12.9. The zero-order valence-corrected chi connectivity index (χ0v) is 23.8. The van der Waals surface area contributed by atoms with Gasteiger partial charge in [-0.1, -0.05) is 18.2 Å². The summed E-state index contributed by atoms with van der Waals surface area (Å²) < 4.78 is 13.2. The number of nitrogen functional groups attached to an aromatic ring is 1. The van der Waals surface area contributed by atoms with Gasteiger partial charge in [-0.2, -0.15) is 5.10 Å². The van der Waals surface area contributed by atoms with Crippen molar-refractivity contribution in [3.05, 3.63) is 60.9 Å². The number of likely N-dealkylation sites (N-methyl/N-ethyl adjacent to an activating group) is 1. The fourth-order valence-electron chi connectivity index (χ4n) is 4.82. The quantitative estimate of drug-likeness (QED) is 0.355. The number of benzene rings is 2. The van der Waals surface area contributed by atoms with Gasteiger partial charge in [0.1, 0.15) is 41.5 Å². The number of carbonyl (C=O) groups excluding carboxylic acids is 2. The Morgan fingerprint density at radius 3 is 2.32 bits per heavy atom. The van der Waals surface area contributed by atoms with E-state index in [1.165, 1.54) is 11.2 Å². The minimum Gasteiger partial charge on any atom is -0.457 e. The van der Waals surface area contributed by atoms with Crippen molar-refractivity contribution in [3.63, 3.8) is 0 Å². The Bertz CT molecular complexity index is 1520. The van der Waals surface area contributed by atoms with Crippen LogP contribution < -0.4 is 10.5 Å². The second kappa shape index (κ2) is 11.4. The SMILES string of the molecule is CN(CC(=O)N1CCC(n2nc(-c3ccc(Oc4ccccc4)cc3)c3c(N)ncnc32)CC1)C(=O)OC(C)(C)C. The lowest BCUT2D eigenvalue weighted by molar-refractivity contribution is -0.133. The summed E-state index contributed by atoms with van der Waals surface area (Å²) in [5.74, 6) is 1.71. The summed E-state index contributed by atoms with van der Waals surface area (Å²) in [5.41, 5.74) is 7.92. The van der Waals surface area contributed by atoms with Gasteiger partial charge >= 0.3 is 6.09 Å². The zero-order chi connectivity index (χ0) is 29.1. The Morgan fingerprint density at radius 1 is 1.00 bits per heavy atom. The van der Waals surface area contributed by atoms with Crippen molar-refractivity contribution in [1.29, 1.82) is 0 Å². The molecule has 11 nitrogen and oxygen atoms in total. The largest absolute Gasteiger partial charge is 0.457 e. The van der Waals surface area contributed by atoms with Gasteiger partial charge < -0.3 is 25.0 Å². The third-order valence-corrected chi connectivity index (χ3v) is 6.87. The monoisotopic (exact) mass is 557 g/mol. The maximum atomic E-state index is 12.9. The summed E-state index contributed by atoms with van der Waals surface area (Å²) in [7, 11) is 1.57. The topological polar surface area (TPSA) is 129 Å². The molecule has 0 radical (unpaired) electrons. The van der Waals surface area contributed by atoms with Gasteiger partial charge in [-0.05, 0) is 70.0 Å². The Balaban J connectivity index is 1.30. The Hall–Kier alpha value is -4.67.